The Morgan fingerprint density at radius 2 is 1.62 bits per heavy atom. The third-order valence-corrected chi connectivity index (χ3v) is 7.71. The molecule has 1 amide bonds. The highest BCUT2D eigenvalue weighted by Crippen LogP contribution is 2.49. The van der Waals surface area contributed by atoms with Crippen LogP contribution in [-0.4, -0.2) is 11.7 Å². The average molecular weight is 518 g/mol. The van der Waals surface area contributed by atoms with Crippen molar-refractivity contribution in [3.63, 3.8) is 0 Å². The molecule has 5 aromatic rings. The van der Waals surface area contributed by atoms with Gasteiger partial charge in [-0.05, 0) is 90.6 Å². The van der Waals surface area contributed by atoms with E-state index in [-0.39, 0.29) is 17.5 Å². The maximum absolute atomic E-state index is 13.6. The Labute approximate surface area is 226 Å². The first-order valence-corrected chi connectivity index (χ1v) is 13.2. The van der Waals surface area contributed by atoms with Gasteiger partial charge >= 0.3 is 0 Å². The van der Waals surface area contributed by atoms with Crippen molar-refractivity contribution >= 4 is 28.3 Å². The first kappa shape index (κ1) is 24.8. The van der Waals surface area contributed by atoms with Crippen molar-refractivity contribution in [2.24, 2.45) is 0 Å². The number of halogens is 1. The fraction of sp³-hybridized carbons (Fsp3) is 0.176. The molecule has 1 saturated carbocycles. The zero-order valence-electron chi connectivity index (χ0n) is 21.9. The number of amides is 1. The summed E-state index contributed by atoms with van der Waals surface area (Å²) in [5.41, 5.74) is 5.97. The molecule has 194 valence electrons. The predicted molar refractivity (Wildman–Crippen MR) is 152 cm³/mol. The van der Waals surface area contributed by atoms with Crippen LogP contribution in [0.4, 0.5) is 10.1 Å². The van der Waals surface area contributed by atoms with E-state index in [1.807, 2.05) is 80.6 Å². The van der Waals surface area contributed by atoms with Crippen molar-refractivity contribution in [2.75, 3.05) is 5.32 Å². The van der Waals surface area contributed by atoms with Gasteiger partial charge in [0.1, 0.15) is 17.2 Å². The Balaban J connectivity index is 1.38. The number of furan rings is 1. The van der Waals surface area contributed by atoms with Crippen LogP contribution in [0.15, 0.2) is 95.4 Å². The third-order valence-electron chi connectivity index (χ3n) is 7.71. The minimum atomic E-state index is -0.464. The Morgan fingerprint density at radius 3 is 2.31 bits per heavy atom. The molecule has 4 nitrogen and oxygen atoms in total. The summed E-state index contributed by atoms with van der Waals surface area (Å²) >= 11 is 0. The van der Waals surface area contributed by atoms with Gasteiger partial charge in [-0.15, -0.1) is 0 Å². The van der Waals surface area contributed by atoms with Gasteiger partial charge in [0.15, 0.2) is 5.78 Å². The van der Waals surface area contributed by atoms with E-state index in [1.54, 1.807) is 12.1 Å². The van der Waals surface area contributed by atoms with Crippen molar-refractivity contribution < 1.29 is 18.4 Å². The Kier molecular flexibility index (Phi) is 6.15. The molecule has 4 aromatic carbocycles. The lowest BCUT2D eigenvalue weighted by molar-refractivity contribution is -0.118. The van der Waals surface area contributed by atoms with Crippen LogP contribution in [0.5, 0.6) is 0 Å². The number of Topliss-reactive ketones (excluding diaryl/α,β-unsaturated/α-hetero) is 1. The molecule has 0 saturated heterocycles. The predicted octanol–water partition coefficient (Wildman–Crippen LogP) is 8.48. The van der Waals surface area contributed by atoms with E-state index in [1.165, 1.54) is 12.1 Å². The molecular formula is C34H28FNO3. The number of aryl methyl sites for hydroxylation is 1. The molecule has 6 rings (SSSR count). The van der Waals surface area contributed by atoms with Crippen molar-refractivity contribution in [1.82, 2.24) is 0 Å². The number of rotatable bonds is 7. The second kappa shape index (κ2) is 9.66. The monoisotopic (exact) mass is 517 g/mol. The van der Waals surface area contributed by atoms with Crippen LogP contribution in [0.25, 0.3) is 33.4 Å². The van der Waals surface area contributed by atoms with E-state index in [2.05, 4.69) is 5.32 Å². The summed E-state index contributed by atoms with van der Waals surface area (Å²) in [5.74, 6) is 0.0638. The highest BCUT2D eigenvalue weighted by Gasteiger charge is 2.51. The fourth-order valence-corrected chi connectivity index (χ4v) is 5.31. The normalized spacial score (nSPS) is 13.8. The van der Waals surface area contributed by atoms with Gasteiger partial charge in [0.2, 0.25) is 5.91 Å². The summed E-state index contributed by atoms with van der Waals surface area (Å²) < 4.78 is 19.7. The van der Waals surface area contributed by atoms with E-state index in [9.17, 15) is 14.0 Å². The first-order chi connectivity index (χ1) is 18.9. The highest BCUT2D eigenvalue weighted by atomic mass is 19.1. The lowest BCUT2D eigenvalue weighted by atomic mass is 9.94. The zero-order valence-corrected chi connectivity index (χ0v) is 21.9. The molecule has 39 heavy (non-hydrogen) atoms. The third kappa shape index (κ3) is 4.44. The molecule has 0 atom stereocenters. The SMILES string of the molecule is CCC(=O)c1c(-c2ccc(F)cc2)oc2ccc(-c3cc(NC(=O)C4(c5ccccc5)CC4)ccc3C)cc12. The number of fused-ring (bicyclic) bond motifs is 1. The molecule has 5 heteroatoms. The lowest BCUT2D eigenvalue weighted by Gasteiger charge is -2.17. The van der Waals surface area contributed by atoms with Gasteiger partial charge in [0, 0.05) is 23.1 Å². The van der Waals surface area contributed by atoms with E-state index >= 15 is 0 Å². The molecule has 1 aromatic heterocycles. The number of hydrogen-bond donors (Lipinski definition) is 1. The molecular weight excluding hydrogens is 489 g/mol. The summed E-state index contributed by atoms with van der Waals surface area (Å²) in [7, 11) is 0. The van der Waals surface area contributed by atoms with Crippen molar-refractivity contribution in [3.8, 4) is 22.5 Å². The summed E-state index contributed by atoms with van der Waals surface area (Å²) in [5, 5.41) is 3.86. The number of benzene rings is 4. The van der Waals surface area contributed by atoms with E-state index in [0.717, 1.165) is 40.8 Å². The van der Waals surface area contributed by atoms with Gasteiger partial charge in [-0.2, -0.15) is 0 Å². The first-order valence-electron chi connectivity index (χ1n) is 13.2. The standard InChI is InChI=1S/C34H28FNO3/c1-3-29(37)31-28-19-23(12-16-30(28)39-32(31)22-10-13-25(35)14-11-22)27-20-26(15-9-21(27)2)36-33(38)34(17-18-34)24-7-5-4-6-8-24/h4-16,19-20H,3,17-18H2,1-2H3,(H,36,38). The topological polar surface area (TPSA) is 59.3 Å². The quantitative estimate of drug-likeness (QED) is 0.220. The minimum Gasteiger partial charge on any atom is -0.455 e. The summed E-state index contributed by atoms with van der Waals surface area (Å²) in [6.07, 6.45) is 1.99. The molecule has 0 bridgehead atoms. The Hall–Kier alpha value is -4.51. The molecule has 1 N–H and O–H groups in total. The van der Waals surface area contributed by atoms with Gasteiger partial charge < -0.3 is 9.73 Å². The molecule has 0 spiro atoms. The maximum Gasteiger partial charge on any atom is 0.235 e. The highest BCUT2D eigenvalue weighted by molar-refractivity contribution is 6.12. The molecule has 0 radical (unpaired) electrons. The molecule has 0 aliphatic heterocycles. The number of carbonyl (C=O) groups excluding carboxylic acids is 2. The largest absolute Gasteiger partial charge is 0.455 e. The van der Waals surface area contributed by atoms with E-state index in [4.69, 9.17) is 4.42 Å². The van der Waals surface area contributed by atoms with Crippen LogP contribution in [0, 0.1) is 12.7 Å². The number of hydrogen-bond acceptors (Lipinski definition) is 3. The maximum atomic E-state index is 13.6. The van der Waals surface area contributed by atoms with Crippen molar-refractivity contribution in [1.29, 1.82) is 0 Å². The van der Waals surface area contributed by atoms with E-state index in [0.29, 0.717) is 34.3 Å². The molecule has 0 unspecified atom stereocenters. The second-order valence-corrected chi connectivity index (χ2v) is 10.2. The van der Waals surface area contributed by atoms with Gasteiger partial charge in [0.25, 0.3) is 0 Å². The molecule has 1 fully saturated rings. The van der Waals surface area contributed by atoms with Gasteiger partial charge in [-0.3, -0.25) is 9.59 Å². The van der Waals surface area contributed by atoms with Crippen LogP contribution in [-0.2, 0) is 10.2 Å². The fourth-order valence-electron chi connectivity index (χ4n) is 5.31. The van der Waals surface area contributed by atoms with Crippen LogP contribution in [0.3, 0.4) is 0 Å². The molecule has 1 aliphatic rings. The lowest BCUT2D eigenvalue weighted by Crippen LogP contribution is -2.27. The Bertz CT molecular complexity index is 1710. The smallest absolute Gasteiger partial charge is 0.235 e. The molecule has 1 heterocycles. The van der Waals surface area contributed by atoms with Gasteiger partial charge in [-0.25, -0.2) is 4.39 Å². The summed E-state index contributed by atoms with van der Waals surface area (Å²) in [6, 6.07) is 27.6. The van der Waals surface area contributed by atoms with Crippen LogP contribution >= 0.6 is 0 Å². The van der Waals surface area contributed by atoms with Crippen molar-refractivity contribution in [2.45, 2.75) is 38.5 Å². The average Bonchev–Trinajstić information content (AvgIpc) is 3.69. The zero-order chi connectivity index (χ0) is 27.1. The number of anilines is 1. The number of nitrogens with one attached hydrogen (secondary N) is 1. The van der Waals surface area contributed by atoms with E-state index < -0.39 is 5.41 Å². The van der Waals surface area contributed by atoms with Gasteiger partial charge in [0.05, 0.1) is 11.0 Å². The molecule has 1 aliphatic carbocycles. The minimum absolute atomic E-state index is 0.00792. The summed E-state index contributed by atoms with van der Waals surface area (Å²) in [4.78, 5) is 26.4. The summed E-state index contributed by atoms with van der Waals surface area (Å²) in [6.45, 7) is 3.84. The van der Waals surface area contributed by atoms with Crippen LogP contribution in [0.1, 0.15) is 47.7 Å². The number of ketones is 1. The number of carbonyl (C=O) groups is 2. The van der Waals surface area contributed by atoms with Crippen LogP contribution in [0.2, 0.25) is 0 Å². The van der Waals surface area contributed by atoms with Crippen molar-refractivity contribution in [3.05, 3.63) is 114 Å². The Morgan fingerprint density at radius 1 is 0.897 bits per heavy atom. The van der Waals surface area contributed by atoms with Crippen LogP contribution < -0.4 is 5.32 Å². The second-order valence-electron chi connectivity index (χ2n) is 10.2. The van der Waals surface area contributed by atoms with Gasteiger partial charge in [-0.1, -0.05) is 49.4 Å².